The molecule has 0 radical (unpaired) electrons. The standard InChI is InChI=1S/C22H17Cl2F3N4O4/c1-29-20(32)16-8-12(5-6-30-16)35-11-3-4-17(15(24)7-11)31(21(28)33)18-9-13(22(25,26)27)14(23)10-19(18)34-2/h3-10H,1-2H3,(H2,28,33)(H,29,32). The van der Waals surface area contributed by atoms with Crippen LogP contribution in [0.25, 0.3) is 0 Å². The first-order chi connectivity index (χ1) is 16.5. The summed E-state index contributed by atoms with van der Waals surface area (Å²) in [6.45, 7) is 0. The third kappa shape index (κ3) is 5.69. The number of hydrogen-bond donors (Lipinski definition) is 2. The molecule has 8 nitrogen and oxygen atoms in total. The van der Waals surface area contributed by atoms with Crippen LogP contribution in [-0.4, -0.2) is 31.1 Å². The van der Waals surface area contributed by atoms with Gasteiger partial charge in [0.15, 0.2) is 0 Å². The maximum atomic E-state index is 13.4. The molecule has 0 aliphatic carbocycles. The van der Waals surface area contributed by atoms with Gasteiger partial charge in [-0.05, 0) is 24.3 Å². The third-order valence-corrected chi connectivity index (χ3v) is 5.24. The Labute approximate surface area is 207 Å². The second-order valence-corrected chi connectivity index (χ2v) is 7.66. The zero-order valence-corrected chi connectivity index (χ0v) is 19.6. The molecule has 35 heavy (non-hydrogen) atoms. The molecule has 0 bridgehead atoms. The normalized spacial score (nSPS) is 11.1. The Morgan fingerprint density at radius 1 is 1.03 bits per heavy atom. The molecule has 0 saturated heterocycles. The number of primary amides is 1. The minimum Gasteiger partial charge on any atom is -0.495 e. The van der Waals surface area contributed by atoms with Gasteiger partial charge < -0.3 is 20.5 Å². The number of carbonyl (C=O) groups is 2. The monoisotopic (exact) mass is 528 g/mol. The Hall–Kier alpha value is -3.70. The Bertz CT molecular complexity index is 1290. The number of halogens is 5. The summed E-state index contributed by atoms with van der Waals surface area (Å²) in [6.07, 6.45) is -3.43. The first-order valence-corrected chi connectivity index (χ1v) is 10.4. The van der Waals surface area contributed by atoms with Gasteiger partial charge in [-0.15, -0.1) is 0 Å². The van der Waals surface area contributed by atoms with Crippen LogP contribution < -0.4 is 25.4 Å². The summed E-state index contributed by atoms with van der Waals surface area (Å²) >= 11 is 12.1. The van der Waals surface area contributed by atoms with Gasteiger partial charge in [0, 0.05) is 31.4 Å². The number of nitrogens with zero attached hydrogens (tertiary/aromatic N) is 2. The van der Waals surface area contributed by atoms with Crippen molar-refractivity contribution in [2.75, 3.05) is 19.1 Å². The molecular formula is C22H17Cl2F3N4O4. The molecule has 1 heterocycles. The van der Waals surface area contributed by atoms with Crippen LogP contribution in [0, 0.1) is 0 Å². The quantitative estimate of drug-likeness (QED) is 0.421. The minimum atomic E-state index is -4.80. The van der Waals surface area contributed by atoms with E-state index in [9.17, 15) is 22.8 Å². The van der Waals surface area contributed by atoms with E-state index in [1.54, 1.807) is 0 Å². The number of alkyl halides is 3. The molecular weight excluding hydrogens is 512 g/mol. The van der Waals surface area contributed by atoms with E-state index in [4.69, 9.17) is 38.4 Å². The van der Waals surface area contributed by atoms with Crippen LogP contribution in [0.15, 0.2) is 48.7 Å². The average molecular weight is 529 g/mol. The van der Waals surface area contributed by atoms with E-state index in [0.29, 0.717) is 6.07 Å². The Morgan fingerprint density at radius 3 is 2.29 bits per heavy atom. The summed E-state index contributed by atoms with van der Waals surface area (Å²) in [5.74, 6) is -0.0904. The maximum absolute atomic E-state index is 13.4. The summed E-state index contributed by atoms with van der Waals surface area (Å²) in [6, 6.07) is 7.39. The molecule has 13 heteroatoms. The van der Waals surface area contributed by atoms with Crippen LogP contribution in [0.1, 0.15) is 16.1 Å². The van der Waals surface area contributed by atoms with Crippen molar-refractivity contribution in [2.45, 2.75) is 6.18 Å². The van der Waals surface area contributed by atoms with Crippen molar-refractivity contribution in [2.24, 2.45) is 5.73 Å². The molecule has 3 aromatic rings. The number of amides is 3. The summed E-state index contributed by atoms with van der Waals surface area (Å²) in [4.78, 5) is 28.8. The molecule has 0 spiro atoms. The highest BCUT2D eigenvalue weighted by atomic mass is 35.5. The molecule has 1 aromatic heterocycles. The maximum Gasteiger partial charge on any atom is 0.417 e. The van der Waals surface area contributed by atoms with E-state index in [2.05, 4.69) is 10.3 Å². The second kappa shape index (κ2) is 10.3. The van der Waals surface area contributed by atoms with Crippen LogP contribution in [0.5, 0.6) is 17.2 Å². The van der Waals surface area contributed by atoms with Gasteiger partial charge in [0.25, 0.3) is 5.91 Å². The van der Waals surface area contributed by atoms with Gasteiger partial charge >= 0.3 is 12.2 Å². The lowest BCUT2D eigenvalue weighted by molar-refractivity contribution is -0.137. The Kier molecular flexibility index (Phi) is 7.61. The van der Waals surface area contributed by atoms with E-state index in [0.717, 1.165) is 11.0 Å². The molecule has 0 unspecified atom stereocenters. The molecule has 184 valence electrons. The van der Waals surface area contributed by atoms with Gasteiger partial charge in [0.05, 0.1) is 34.1 Å². The predicted molar refractivity (Wildman–Crippen MR) is 124 cm³/mol. The summed E-state index contributed by atoms with van der Waals surface area (Å²) < 4.78 is 51.1. The molecule has 0 atom stereocenters. The van der Waals surface area contributed by atoms with Crippen molar-refractivity contribution >= 4 is 46.5 Å². The number of carbonyl (C=O) groups excluding carboxylic acids is 2. The number of ether oxygens (including phenoxy) is 2. The number of benzene rings is 2. The fraction of sp³-hybridized carbons (Fsp3) is 0.136. The molecule has 0 aliphatic heterocycles. The van der Waals surface area contributed by atoms with E-state index < -0.39 is 28.7 Å². The minimum absolute atomic E-state index is 0.0407. The van der Waals surface area contributed by atoms with E-state index >= 15 is 0 Å². The van der Waals surface area contributed by atoms with Crippen molar-refractivity contribution in [3.8, 4) is 17.2 Å². The second-order valence-electron chi connectivity index (χ2n) is 6.85. The number of urea groups is 1. The summed E-state index contributed by atoms with van der Waals surface area (Å²) in [7, 11) is 2.65. The number of nitrogens with one attached hydrogen (secondary N) is 1. The first kappa shape index (κ1) is 25.9. The van der Waals surface area contributed by atoms with Crippen LogP contribution >= 0.6 is 23.2 Å². The van der Waals surface area contributed by atoms with Crippen molar-refractivity contribution in [1.82, 2.24) is 10.3 Å². The fourth-order valence-corrected chi connectivity index (χ4v) is 3.58. The molecule has 3 amide bonds. The predicted octanol–water partition coefficient (Wildman–Crippen LogP) is 5.78. The van der Waals surface area contributed by atoms with Crippen LogP contribution in [0.2, 0.25) is 10.0 Å². The van der Waals surface area contributed by atoms with Gasteiger partial charge in [-0.2, -0.15) is 13.2 Å². The zero-order valence-electron chi connectivity index (χ0n) is 18.1. The van der Waals surface area contributed by atoms with E-state index in [1.807, 2.05) is 0 Å². The summed E-state index contributed by atoms with van der Waals surface area (Å²) in [5.41, 5.74) is 4.05. The number of pyridine rings is 1. The molecule has 3 rings (SSSR count). The highest BCUT2D eigenvalue weighted by Crippen LogP contribution is 2.45. The molecule has 0 saturated carbocycles. The van der Waals surface area contributed by atoms with Gasteiger partial charge in [-0.3, -0.25) is 14.7 Å². The molecule has 3 N–H and O–H groups in total. The Balaban J connectivity index is 2.03. The van der Waals surface area contributed by atoms with E-state index in [-0.39, 0.29) is 39.3 Å². The summed E-state index contributed by atoms with van der Waals surface area (Å²) in [5, 5.41) is 1.74. The topological polar surface area (TPSA) is 107 Å². The molecule has 0 fully saturated rings. The van der Waals surface area contributed by atoms with Crippen molar-refractivity contribution in [3.63, 3.8) is 0 Å². The van der Waals surface area contributed by atoms with E-state index in [1.165, 1.54) is 50.7 Å². The van der Waals surface area contributed by atoms with Crippen molar-refractivity contribution in [3.05, 3.63) is 70.0 Å². The Morgan fingerprint density at radius 2 is 1.71 bits per heavy atom. The first-order valence-electron chi connectivity index (χ1n) is 9.66. The lowest BCUT2D eigenvalue weighted by Gasteiger charge is -2.25. The van der Waals surface area contributed by atoms with Gasteiger partial charge in [-0.25, -0.2) is 4.79 Å². The van der Waals surface area contributed by atoms with Gasteiger partial charge in [-0.1, -0.05) is 23.2 Å². The number of aromatic nitrogens is 1. The van der Waals surface area contributed by atoms with Crippen LogP contribution in [0.4, 0.5) is 29.3 Å². The van der Waals surface area contributed by atoms with Crippen LogP contribution in [-0.2, 0) is 6.18 Å². The van der Waals surface area contributed by atoms with Gasteiger partial charge in [0.1, 0.15) is 22.9 Å². The largest absolute Gasteiger partial charge is 0.495 e. The number of hydrogen-bond acceptors (Lipinski definition) is 5. The van der Waals surface area contributed by atoms with Crippen LogP contribution in [0.3, 0.4) is 0 Å². The zero-order chi connectivity index (χ0) is 25.9. The van der Waals surface area contributed by atoms with Crippen molar-refractivity contribution in [1.29, 1.82) is 0 Å². The number of anilines is 2. The molecule has 2 aromatic carbocycles. The number of nitrogens with two attached hydrogens (primary N) is 1. The number of rotatable bonds is 6. The molecule has 0 aliphatic rings. The fourth-order valence-electron chi connectivity index (χ4n) is 3.06. The SMILES string of the molecule is CNC(=O)c1cc(Oc2ccc(N(C(N)=O)c3cc(C(F)(F)F)c(Cl)cc3OC)c(Cl)c2)ccn1. The van der Waals surface area contributed by atoms with Gasteiger partial charge in [0.2, 0.25) is 0 Å². The number of methoxy groups -OCH3 is 1. The smallest absolute Gasteiger partial charge is 0.417 e. The third-order valence-electron chi connectivity index (χ3n) is 4.62. The lowest BCUT2D eigenvalue weighted by atomic mass is 10.1. The van der Waals surface area contributed by atoms with Crippen molar-refractivity contribution < 1.29 is 32.2 Å². The highest BCUT2D eigenvalue weighted by molar-refractivity contribution is 6.34. The average Bonchev–Trinajstić information content (AvgIpc) is 2.79. The highest BCUT2D eigenvalue weighted by Gasteiger charge is 2.36. The lowest BCUT2D eigenvalue weighted by Crippen LogP contribution is -2.32.